The highest BCUT2D eigenvalue weighted by Crippen LogP contribution is 2.25. The van der Waals surface area contributed by atoms with Crippen molar-refractivity contribution >= 4 is 11.6 Å². The summed E-state index contributed by atoms with van der Waals surface area (Å²) in [7, 11) is 0. The van der Waals surface area contributed by atoms with E-state index in [1.807, 2.05) is 18.2 Å². The van der Waals surface area contributed by atoms with Gasteiger partial charge < -0.3 is 10.4 Å². The third kappa shape index (κ3) is 3.96. The fraction of sp³-hybridized carbons (Fsp3) is 0.500. The second kappa shape index (κ2) is 7.07. The van der Waals surface area contributed by atoms with Gasteiger partial charge in [-0.1, -0.05) is 23.8 Å². The van der Waals surface area contributed by atoms with Crippen LogP contribution >= 0.6 is 0 Å². The molecule has 2 N–H and O–H groups in total. The molecule has 1 aromatic carbocycles. The predicted octanol–water partition coefficient (Wildman–Crippen LogP) is 2.69. The lowest BCUT2D eigenvalue weighted by atomic mass is 9.92. The highest BCUT2D eigenvalue weighted by atomic mass is 16.3. The quantitative estimate of drug-likeness (QED) is 0.841. The summed E-state index contributed by atoms with van der Waals surface area (Å²) in [6.45, 7) is 2.64. The normalized spacial score (nSPS) is 19.6. The highest BCUT2D eigenvalue weighted by Gasteiger charge is 2.18. The molecule has 0 radical (unpaired) electrons. The number of nitrogens with zero attached hydrogens (tertiary/aromatic N) is 1. The number of piperidine rings is 1. The maximum absolute atomic E-state index is 12.1. The van der Waals surface area contributed by atoms with E-state index in [1.165, 1.54) is 12.0 Å². The average Bonchev–Trinajstić information content (AvgIpc) is 2.47. The number of aliphatic hydroxyl groups excluding tert-OH is 1. The summed E-state index contributed by atoms with van der Waals surface area (Å²) < 4.78 is 0. The largest absolute Gasteiger partial charge is 0.393 e. The van der Waals surface area contributed by atoms with Crippen LogP contribution in [0.2, 0.25) is 0 Å². The van der Waals surface area contributed by atoms with Crippen LogP contribution in [0.1, 0.15) is 37.7 Å². The fourth-order valence-electron chi connectivity index (χ4n) is 2.98. The van der Waals surface area contributed by atoms with Crippen LogP contribution in [-0.4, -0.2) is 35.1 Å². The minimum absolute atomic E-state index is 0.0174. The first-order valence-electron chi connectivity index (χ1n) is 8.19. The van der Waals surface area contributed by atoms with Gasteiger partial charge in [0, 0.05) is 31.4 Å². The van der Waals surface area contributed by atoms with Crippen molar-refractivity contribution in [3.8, 4) is 0 Å². The topological polar surface area (TPSA) is 52.6 Å². The maximum Gasteiger partial charge on any atom is 0.248 e. The molecule has 1 aliphatic carbocycles. The lowest BCUT2D eigenvalue weighted by Crippen LogP contribution is -2.35. The Balaban J connectivity index is 1.63. The van der Waals surface area contributed by atoms with E-state index in [0.717, 1.165) is 56.6 Å². The molecule has 22 heavy (non-hydrogen) atoms. The summed E-state index contributed by atoms with van der Waals surface area (Å²) in [6.07, 6.45) is 6.59. The SMILES string of the molecule is O=C(C=C1CCC1)Nc1ccccc1CN1CCC(O)CC1. The molecule has 0 bridgehead atoms. The standard InChI is InChI=1S/C18H24N2O2/c21-16-8-10-20(11-9-16)13-15-6-1-2-7-17(15)19-18(22)12-14-4-3-5-14/h1-2,6-7,12,16,21H,3-5,8-11,13H2,(H,19,22). The van der Waals surface area contributed by atoms with Crippen molar-refractivity contribution in [2.75, 3.05) is 18.4 Å². The second-order valence-electron chi connectivity index (χ2n) is 6.31. The zero-order valence-electron chi connectivity index (χ0n) is 12.9. The van der Waals surface area contributed by atoms with Crippen LogP contribution in [0.25, 0.3) is 0 Å². The number of carbonyl (C=O) groups excluding carboxylic acids is 1. The van der Waals surface area contributed by atoms with E-state index in [4.69, 9.17) is 0 Å². The number of hydrogen-bond acceptors (Lipinski definition) is 3. The molecule has 1 saturated carbocycles. The first-order valence-corrected chi connectivity index (χ1v) is 8.19. The zero-order chi connectivity index (χ0) is 15.4. The van der Waals surface area contributed by atoms with E-state index < -0.39 is 0 Å². The predicted molar refractivity (Wildman–Crippen MR) is 87.5 cm³/mol. The van der Waals surface area contributed by atoms with Crippen molar-refractivity contribution in [2.24, 2.45) is 0 Å². The molecule has 1 aromatic rings. The number of allylic oxidation sites excluding steroid dienone is 1. The van der Waals surface area contributed by atoms with Gasteiger partial charge in [0.25, 0.3) is 0 Å². The number of likely N-dealkylation sites (tertiary alicyclic amines) is 1. The lowest BCUT2D eigenvalue weighted by molar-refractivity contribution is -0.112. The molecule has 1 aliphatic heterocycles. The Morgan fingerprint density at radius 2 is 2.00 bits per heavy atom. The van der Waals surface area contributed by atoms with Gasteiger partial charge >= 0.3 is 0 Å². The van der Waals surface area contributed by atoms with E-state index in [2.05, 4.69) is 16.3 Å². The molecule has 1 saturated heterocycles. The summed E-state index contributed by atoms with van der Waals surface area (Å²) >= 11 is 0. The molecular weight excluding hydrogens is 276 g/mol. The number of anilines is 1. The highest BCUT2D eigenvalue weighted by molar-refractivity contribution is 6.00. The van der Waals surface area contributed by atoms with Gasteiger partial charge in [-0.15, -0.1) is 0 Å². The summed E-state index contributed by atoms with van der Waals surface area (Å²) in [6, 6.07) is 7.99. The van der Waals surface area contributed by atoms with E-state index in [9.17, 15) is 9.90 Å². The summed E-state index contributed by atoms with van der Waals surface area (Å²) in [5.41, 5.74) is 3.29. The van der Waals surface area contributed by atoms with Gasteiger partial charge in [-0.25, -0.2) is 0 Å². The van der Waals surface area contributed by atoms with E-state index >= 15 is 0 Å². The zero-order valence-corrected chi connectivity index (χ0v) is 12.9. The van der Waals surface area contributed by atoms with Gasteiger partial charge in [0.05, 0.1) is 6.10 Å². The lowest BCUT2D eigenvalue weighted by Gasteiger charge is -2.30. The van der Waals surface area contributed by atoms with Gasteiger partial charge in [0.1, 0.15) is 0 Å². The molecule has 0 spiro atoms. The van der Waals surface area contributed by atoms with Gasteiger partial charge in [-0.2, -0.15) is 0 Å². The summed E-state index contributed by atoms with van der Waals surface area (Å²) in [4.78, 5) is 14.4. The smallest absolute Gasteiger partial charge is 0.248 e. The maximum atomic E-state index is 12.1. The number of rotatable bonds is 4. The Morgan fingerprint density at radius 3 is 2.68 bits per heavy atom. The van der Waals surface area contributed by atoms with Gasteiger partial charge in [-0.05, 0) is 43.7 Å². The number of amides is 1. The molecule has 2 fully saturated rings. The van der Waals surface area contributed by atoms with Gasteiger partial charge in [0.15, 0.2) is 0 Å². The van der Waals surface area contributed by atoms with Crippen molar-refractivity contribution in [2.45, 2.75) is 44.8 Å². The minimum atomic E-state index is -0.153. The Hall–Kier alpha value is -1.65. The molecule has 3 rings (SSSR count). The average molecular weight is 300 g/mol. The van der Waals surface area contributed by atoms with Gasteiger partial charge in [-0.3, -0.25) is 9.69 Å². The van der Waals surface area contributed by atoms with E-state index in [-0.39, 0.29) is 12.0 Å². The third-order valence-electron chi connectivity index (χ3n) is 4.56. The molecule has 0 atom stereocenters. The monoisotopic (exact) mass is 300 g/mol. The molecule has 1 amide bonds. The van der Waals surface area contributed by atoms with E-state index in [1.54, 1.807) is 6.08 Å². The van der Waals surface area contributed by atoms with Crippen molar-refractivity contribution < 1.29 is 9.90 Å². The molecule has 0 aromatic heterocycles. The molecule has 2 aliphatic rings. The van der Waals surface area contributed by atoms with E-state index in [0.29, 0.717) is 0 Å². The summed E-state index contributed by atoms with van der Waals surface area (Å²) in [5, 5.41) is 12.6. The van der Waals surface area contributed by atoms with Crippen LogP contribution in [0.15, 0.2) is 35.9 Å². The van der Waals surface area contributed by atoms with Crippen LogP contribution in [0.4, 0.5) is 5.69 Å². The molecule has 4 nitrogen and oxygen atoms in total. The van der Waals surface area contributed by atoms with Crippen LogP contribution in [0, 0.1) is 0 Å². The van der Waals surface area contributed by atoms with Crippen molar-refractivity contribution in [3.05, 3.63) is 41.5 Å². The number of nitrogens with one attached hydrogen (secondary N) is 1. The number of carbonyl (C=O) groups is 1. The third-order valence-corrected chi connectivity index (χ3v) is 4.56. The van der Waals surface area contributed by atoms with Crippen LogP contribution < -0.4 is 5.32 Å². The Morgan fingerprint density at radius 1 is 1.27 bits per heavy atom. The van der Waals surface area contributed by atoms with Gasteiger partial charge in [0.2, 0.25) is 5.91 Å². The Kier molecular flexibility index (Phi) is 4.90. The second-order valence-corrected chi connectivity index (χ2v) is 6.31. The molecule has 118 valence electrons. The number of benzene rings is 1. The molecule has 1 heterocycles. The van der Waals surface area contributed by atoms with Crippen LogP contribution in [0.3, 0.4) is 0 Å². The first kappa shape index (κ1) is 15.3. The Labute approximate surface area is 131 Å². The molecule has 4 heteroatoms. The number of hydrogen-bond donors (Lipinski definition) is 2. The van der Waals surface area contributed by atoms with Crippen molar-refractivity contribution in [3.63, 3.8) is 0 Å². The number of aliphatic hydroxyl groups is 1. The number of para-hydroxylation sites is 1. The summed E-state index contributed by atoms with van der Waals surface area (Å²) in [5.74, 6) is -0.0174. The van der Waals surface area contributed by atoms with Crippen molar-refractivity contribution in [1.29, 1.82) is 0 Å². The first-order chi connectivity index (χ1) is 10.7. The molecule has 0 unspecified atom stereocenters. The Bertz CT molecular complexity index is 554. The fourth-order valence-corrected chi connectivity index (χ4v) is 2.98. The van der Waals surface area contributed by atoms with Crippen LogP contribution in [-0.2, 0) is 11.3 Å². The van der Waals surface area contributed by atoms with Crippen LogP contribution in [0.5, 0.6) is 0 Å². The minimum Gasteiger partial charge on any atom is -0.393 e. The molecular formula is C18H24N2O2. The van der Waals surface area contributed by atoms with Crippen molar-refractivity contribution in [1.82, 2.24) is 4.90 Å².